The molecular formula is C18H19N3O3S. The average molecular weight is 357 g/mol. The number of benzene rings is 1. The van der Waals surface area contributed by atoms with E-state index >= 15 is 0 Å². The van der Waals surface area contributed by atoms with Crippen molar-refractivity contribution in [1.29, 1.82) is 0 Å². The van der Waals surface area contributed by atoms with Crippen molar-refractivity contribution >= 4 is 28.2 Å². The van der Waals surface area contributed by atoms with E-state index < -0.39 is 11.2 Å². The number of ether oxygens (including phenoxy) is 1. The van der Waals surface area contributed by atoms with Crippen LogP contribution >= 0.6 is 0 Å². The maximum atomic E-state index is 12.8. The Kier molecular flexibility index (Phi) is 5.35. The fourth-order valence-electron chi connectivity index (χ4n) is 2.33. The molecule has 0 fully saturated rings. The standard InChI is InChI=1S/C18H19N3O3S/c1-13(2)17(22)24-12-21-16-9-4-3-8-15(16)20-18(21)25(23)11-14-7-5-6-10-19-14/h3-10,13H,11-12H2,1-2H3. The Morgan fingerprint density at radius 3 is 2.72 bits per heavy atom. The average Bonchev–Trinajstić information content (AvgIpc) is 2.99. The van der Waals surface area contributed by atoms with Crippen LogP contribution in [0.4, 0.5) is 0 Å². The third-order valence-corrected chi connectivity index (χ3v) is 4.91. The first-order chi connectivity index (χ1) is 12.1. The molecule has 2 heterocycles. The highest BCUT2D eigenvalue weighted by Crippen LogP contribution is 2.22. The quantitative estimate of drug-likeness (QED) is 0.500. The van der Waals surface area contributed by atoms with Gasteiger partial charge in [0.2, 0.25) is 0 Å². The maximum Gasteiger partial charge on any atom is 0.327 e. The van der Waals surface area contributed by atoms with Crippen LogP contribution in [-0.2, 0) is 33.2 Å². The lowest BCUT2D eigenvalue weighted by Crippen LogP contribution is -2.18. The molecule has 0 aliphatic heterocycles. The monoisotopic (exact) mass is 357 g/mol. The number of imidazole rings is 1. The van der Waals surface area contributed by atoms with Crippen molar-refractivity contribution in [1.82, 2.24) is 14.5 Å². The Hall–Kier alpha value is -2.38. The summed E-state index contributed by atoms with van der Waals surface area (Å²) in [4.78, 5) is 20.5. The minimum absolute atomic E-state index is 0.0131. The van der Waals surface area contributed by atoms with Crippen LogP contribution in [0.3, 0.4) is 0 Å². The van der Waals surface area contributed by atoms with E-state index in [1.165, 1.54) is 0 Å². The molecule has 1 unspecified atom stereocenters. The first-order valence-corrected chi connectivity index (χ1v) is 9.28. The van der Waals surface area contributed by atoms with Crippen LogP contribution in [0.5, 0.6) is 0 Å². The number of carbonyl (C=O) groups excluding carboxylic acids is 1. The summed E-state index contributed by atoms with van der Waals surface area (Å²) in [5, 5.41) is 0.378. The van der Waals surface area contributed by atoms with Crippen molar-refractivity contribution in [2.24, 2.45) is 5.92 Å². The lowest BCUT2D eigenvalue weighted by Gasteiger charge is -2.13. The van der Waals surface area contributed by atoms with Gasteiger partial charge in [0, 0.05) is 17.4 Å². The van der Waals surface area contributed by atoms with E-state index in [0.717, 1.165) is 11.2 Å². The van der Waals surface area contributed by atoms with E-state index in [2.05, 4.69) is 9.97 Å². The molecule has 0 radical (unpaired) electrons. The van der Waals surface area contributed by atoms with Gasteiger partial charge in [0.15, 0.2) is 12.5 Å². The van der Waals surface area contributed by atoms with E-state index in [9.17, 15) is 9.35 Å². The van der Waals surface area contributed by atoms with Crippen molar-refractivity contribution in [2.45, 2.75) is 31.5 Å². The molecule has 0 N–H and O–H groups in total. The van der Waals surface area contributed by atoms with Gasteiger partial charge in [0.25, 0.3) is 0 Å². The molecule has 1 aromatic carbocycles. The van der Waals surface area contributed by atoms with Crippen molar-refractivity contribution in [2.75, 3.05) is 0 Å². The summed E-state index contributed by atoms with van der Waals surface area (Å²) < 4.78 is 19.9. The first kappa shape index (κ1) is 17.4. The molecular weight excluding hydrogens is 338 g/mol. The summed E-state index contributed by atoms with van der Waals surface area (Å²) in [6, 6.07) is 12.9. The van der Waals surface area contributed by atoms with Gasteiger partial charge in [-0.15, -0.1) is 0 Å². The van der Waals surface area contributed by atoms with Crippen LogP contribution in [0.1, 0.15) is 19.5 Å². The molecule has 0 bridgehead atoms. The Bertz CT molecular complexity index is 864. The highest BCUT2D eigenvalue weighted by molar-refractivity contribution is 7.90. The summed E-state index contributed by atoms with van der Waals surface area (Å²) in [5.74, 6) is -0.279. The molecule has 0 amide bonds. The number of carbonyl (C=O) groups is 1. The summed E-state index contributed by atoms with van der Waals surface area (Å²) in [7, 11) is 0. The number of nitrogens with zero attached hydrogens (tertiary/aromatic N) is 3. The van der Waals surface area contributed by atoms with E-state index in [1.807, 2.05) is 42.5 Å². The zero-order valence-corrected chi connectivity index (χ0v) is 14.9. The van der Waals surface area contributed by atoms with Gasteiger partial charge < -0.3 is 9.29 Å². The topological polar surface area (TPSA) is 80.1 Å². The predicted molar refractivity (Wildman–Crippen MR) is 95.0 cm³/mol. The number of para-hydroxylation sites is 2. The van der Waals surface area contributed by atoms with Crippen LogP contribution in [0.2, 0.25) is 0 Å². The molecule has 0 spiro atoms. The van der Waals surface area contributed by atoms with E-state index in [0.29, 0.717) is 10.7 Å². The van der Waals surface area contributed by atoms with Gasteiger partial charge in [-0.2, -0.15) is 4.98 Å². The number of rotatable bonds is 6. The Balaban J connectivity index is 1.90. The number of aromatic nitrogens is 3. The largest absolute Gasteiger partial charge is 0.609 e. The number of hydrogen-bond acceptors (Lipinski definition) is 5. The third kappa shape index (κ3) is 4.00. The van der Waals surface area contributed by atoms with Gasteiger partial charge in [-0.3, -0.25) is 9.78 Å². The smallest absolute Gasteiger partial charge is 0.327 e. The zero-order chi connectivity index (χ0) is 17.8. The fraction of sp³-hybridized carbons (Fsp3) is 0.278. The Labute approximate surface area is 149 Å². The second kappa shape index (κ2) is 7.67. The normalized spacial score (nSPS) is 12.5. The minimum Gasteiger partial charge on any atom is -0.609 e. The number of fused-ring (bicyclic) bond motifs is 1. The molecule has 0 aliphatic carbocycles. The molecule has 130 valence electrons. The van der Waals surface area contributed by atoms with Crippen LogP contribution < -0.4 is 0 Å². The van der Waals surface area contributed by atoms with Gasteiger partial charge in [0.1, 0.15) is 0 Å². The van der Waals surface area contributed by atoms with Crippen molar-refractivity contribution in [3.8, 4) is 0 Å². The van der Waals surface area contributed by atoms with Crippen molar-refractivity contribution in [3.63, 3.8) is 0 Å². The van der Waals surface area contributed by atoms with Gasteiger partial charge in [-0.05, 0) is 24.3 Å². The highest BCUT2D eigenvalue weighted by atomic mass is 32.2. The predicted octanol–water partition coefficient (Wildman–Crippen LogP) is 2.90. The molecule has 3 rings (SSSR count). The lowest BCUT2D eigenvalue weighted by atomic mass is 10.2. The lowest BCUT2D eigenvalue weighted by molar-refractivity contribution is -0.151. The molecule has 7 heteroatoms. The number of pyridine rings is 1. The molecule has 6 nitrogen and oxygen atoms in total. The molecule has 0 aliphatic rings. The molecule has 2 aromatic heterocycles. The summed E-state index contributed by atoms with van der Waals surface area (Å²) in [6.45, 7) is 3.53. The summed E-state index contributed by atoms with van der Waals surface area (Å²) in [6.07, 6.45) is 1.67. The van der Waals surface area contributed by atoms with Crippen LogP contribution in [0.25, 0.3) is 11.0 Å². The first-order valence-electron chi connectivity index (χ1n) is 7.96. The number of hydrogen-bond donors (Lipinski definition) is 0. The SMILES string of the molecule is CC(C)C(=O)OCn1c([S+]([O-])Cc2ccccn2)nc2ccccc21. The van der Waals surface area contributed by atoms with Crippen molar-refractivity contribution in [3.05, 3.63) is 54.4 Å². The van der Waals surface area contributed by atoms with E-state index in [1.54, 1.807) is 24.6 Å². The maximum absolute atomic E-state index is 12.8. The van der Waals surface area contributed by atoms with Crippen LogP contribution in [0.15, 0.2) is 53.8 Å². The van der Waals surface area contributed by atoms with Crippen LogP contribution in [-0.4, -0.2) is 25.1 Å². The molecule has 3 aromatic rings. The van der Waals surface area contributed by atoms with Gasteiger partial charge in [-0.1, -0.05) is 32.0 Å². The van der Waals surface area contributed by atoms with Crippen LogP contribution in [0, 0.1) is 5.92 Å². The Morgan fingerprint density at radius 2 is 2.00 bits per heavy atom. The summed E-state index contributed by atoms with van der Waals surface area (Å²) in [5.41, 5.74) is 2.22. The second-order valence-corrected chi connectivity index (χ2v) is 7.21. The minimum atomic E-state index is -1.41. The van der Waals surface area contributed by atoms with E-state index in [-0.39, 0.29) is 24.4 Å². The van der Waals surface area contributed by atoms with E-state index in [4.69, 9.17) is 4.74 Å². The van der Waals surface area contributed by atoms with Gasteiger partial charge in [0.05, 0.1) is 22.6 Å². The molecule has 0 saturated heterocycles. The zero-order valence-electron chi connectivity index (χ0n) is 14.1. The van der Waals surface area contributed by atoms with Gasteiger partial charge >= 0.3 is 11.1 Å². The Morgan fingerprint density at radius 1 is 1.24 bits per heavy atom. The number of esters is 1. The van der Waals surface area contributed by atoms with Crippen molar-refractivity contribution < 1.29 is 14.1 Å². The van der Waals surface area contributed by atoms with Gasteiger partial charge in [-0.25, -0.2) is 4.57 Å². The second-order valence-electron chi connectivity index (χ2n) is 5.87. The third-order valence-electron chi connectivity index (χ3n) is 3.64. The molecule has 1 atom stereocenters. The fourth-order valence-corrected chi connectivity index (χ4v) is 3.49. The molecule has 25 heavy (non-hydrogen) atoms. The highest BCUT2D eigenvalue weighted by Gasteiger charge is 2.24. The molecule has 0 saturated carbocycles. The summed E-state index contributed by atoms with van der Waals surface area (Å²) >= 11 is -1.41.